The Kier molecular flexibility index (Phi) is 6.38. The van der Waals surface area contributed by atoms with Crippen molar-refractivity contribution in [3.05, 3.63) is 0 Å². The number of hydrogen-bond donors (Lipinski definition) is 1. The van der Waals surface area contributed by atoms with Crippen LogP contribution < -0.4 is 0 Å². The van der Waals surface area contributed by atoms with E-state index in [4.69, 9.17) is 18.9 Å². The first kappa shape index (κ1) is 27.6. The van der Waals surface area contributed by atoms with Gasteiger partial charge in [0.25, 0.3) is 0 Å². The van der Waals surface area contributed by atoms with E-state index >= 15 is 0 Å². The summed E-state index contributed by atoms with van der Waals surface area (Å²) >= 11 is 0. The Morgan fingerprint density at radius 2 is 1.64 bits per heavy atom. The van der Waals surface area contributed by atoms with Gasteiger partial charge in [-0.05, 0) is 67.1 Å². The van der Waals surface area contributed by atoms with Crippen molar-refractivity contribution in [2.24, 2.45) is 46.3 Å². The summed E-state index contributed by atoms with van der Waals surface area (Å²) in [6, 6.07) is 0. The Bertz CT molecular complexity index is 1050. The highest BCUT2D eigenvalue weighted by molar-refractivity contribution is 5.90. The van der Waals surface area contributed by atoms with Crippen LogP contribution in [0.1, 0.15) is 92.9 Å². The lowest BCUT2D eigenvalue weighted by Gasteiger charge is -2.63. The topological polar surface area (TPSA) is 108 Å². The van der Waals surface area contributed by atoms with Gasteiger partial charge in [-0.15, -0.1) is 0 Å². The van der Waals surface area contributed by atoms with Gasteiger partial charge in [-0.1, -0.05) is 27.7 Å². The fourth-order valence-corrected chi connectivity index (χ4v) is 10.7. The molecule has 8 heteroatoms. The summed E-state index contributed by atoms with van der Waals surface area (Å²) in [5.41, 5.74) is -2.36. The van der Waals surface area contributed by atoms with Gasteiger partial charge in [0.1, 0.15) is 17.8 Å². The second-order valence-corrected chi connectivity index (χ2v) is 14.5. The smallest absolute Gasteiger partial charge is 0.303 e. The standard InChI is InChI=1S/C31H46O8/c1-16-7-10-31(36-15-16)17(2)27-23(39-31)12-22-20-11-26(34)30(35)14-25(38-19(4)33)24(37-18(3)32)13-29(30,6)21(20)8-9-28(22,27)5/h16-17,20-25,27,35H,7-15H2,1-6H3/t16-,17+,20-,21-,22-,23+,24-,25-,27+,28+,29-,30+,31-/m1/s1. The molecular formula is C31H46O8. The third kappa shape index (κ3) is 3.83. The number of hydrogen-bond acceptors (Lipinski definition) is 8. The molecule has 4 saturated carbocycles. The van der Waals surface area contributed by atoms with Crippen molar-refractivity contribution in [3.8, 4) is 0 Å². The molecule has 1 N–H and O–H groups in total. The highest BCUT2D eigenvalue weighted by atomic mass is 16.7. The monoisotopic (exact) mass is 546 g/mol. The highest BCUT2D eigenvalue weighted by Gasteiger charge is 2.73. The molecule has 0 amide bonds. The van der Waals surface area contributed by atoms with E-state index in [1.165, 1.54) is 13.8 Å². The number of ether oxygens (including phenoxy) is 4. The Labute approximate surface area is 231 Å². The molecule has 0 aromatic carbocycles. The van der Waals surface area contributed by atoms with Crippen LogP contribution in [0.25, 0.3) is 0 Å². The predicted molar refractivity (Wildman–Crippen MR) is 140 cm³/mol. The minimum Gasteiger partial charge on any atom is -0.459 e. The number of esters is 2. The first-order valence-corrected chi connectivity index (χ1v) is 15.2. The summed E-state index contributed by atoms with van der Waals surface area (Å²) in [5, 5.41) is 12.1. The van der Waals surface area contributed by atoms with Gasteiger partial charge in [-0.2, -0.15) is 0 Å². The number of rotatable bonds is 2. The second-order valence-electron chi connectivity index (χ2n) is 14.5. The van der Waals surface area contributed by atoms with Crippen molar-refractivity contribution in [2.75, 3.05) is 6.61 Å². The second kappa shape index (κ2) is 8.99. The van der Waals surface area contributed by atoms with Gasteiger partial charge in [0.2, 0.25) is 0 Å². The molecule has 8 nitrogen and oxygen atoms in total. The van der Waals surface area contributed by atoms with Gasteiger partial charge in [0, 0.05) is 44.4 Å². The zero-order valence-electron chi connectivity index (χ0n) is 24.4. The predicted octanol–water partition coefficient (Wildman–Crippen LogP) is 4.20. The summed E-state index contributed by atoms with van der Waals surface area (Å²) in [7, 11) is 0. The fraction of sp³-hybridized carbons (Fsp3) is 0.903. The van der Waals surface area contributed by atoms with Crippen LogP contribution in [0, 0.1) is 46.3 Å². The minimum atomic E-state index is -1.62. The molecule has 6 rings (SSSR count). The highest BCUT2D eigenvalue weighted by Crippen LogP contribution is 2.71. The van der Waals surface area contributed by atoms with Gasteiger partial charge >= 0.3 is 11.9 Å². The molecule has 13 atom stereocenters. The summed E-state index contributed by atoms with van der Waals surface area (Å²) < 4.78 is 24.4. The molecule has 0 radical (unpaired) electrons. The van der Waals surface area contributed by atoms with Gasteiger partial charge < -0.3 is 24.1 Å². The molecule has 0 aromatic rings. The molecule has 6 aliphatic rings. The molecule has 1 spiro atoms. The van der Waals surface area contributed by atoms with Gasteiger partial charge in [-0.3, -0.25) is 14.4 Å². The average Bonchev–Trinajstić information content (AvgIpc) is 3.28. The van der Waals surface area contributed by atoms with E-state index in [0.717, 1.165) is 38.7 Å². The van der Waals surface area contributed by atoms with Crippen LogP contribution in [0.15, 0.2) is 0 Å². The Balaban J connectivity index is 1.29. The lowest BCUT2D eigenvalue weighted by Crippen LogP contribution is -2.70. The van der Waals surface area contributed by atoms with Crippen LogP contribution in [0.4, 0.5) is 0 Å². The van der Waals surface area contributed by atoms with E-state index in [9.17, 15) is 19.5 Å². The molecule has 218 valence electrons. The summed E-state index contributed by atoms with van der Waals surface area (Å²) in [6.45, 7) is 12.4. The maximum Gasteiger partial charge on any atom is 0.303 e. The van der Waals surface area contributed by atoms with Crippen molar-refractivity contribution < 1.29 is 38.4 Å². The van der Waals surface area contributed by atoms with E-state index < -0.39 is 40.9 Å². The quantitative estimate of drug-likeness (QED) is 0.514. The lowest BCUT2D eigenvalue weighted by molar-refractivity contribution is -0.274. The molecule has 0 unspecified atom stereocenters. The Morgan fingerprint density at radius 3 is 2.26 bits per heavy atom. The maximum absolute atomic E-state index is 13.9. The largest absolute Gasteiger partial charge is 0.459 e. The van der Waals surface area contributed by atoms with E-state index in [0.29, 0.717) is 36.5 Å². The summed E-state index contributed by atoms with van der Waals surface area (Å²) in [5.74, 6) is 0.175. The van der Waals surface area contributed by atoms with Crippen LogP contribution in [0.2, 0.25) is 0 Å². The van der Waals surface area contributed by atoms with Crippen LogP contribution in [0.3, 0.4) is 0 Å². The maximum atomic E-state index is 13.9. The van der Waals surface area contributed by atoms with Gasteiger partial charge in [0.15, 0.2) is 11.6 Å². The van der Waals surface area contributed by atoms with E-state index in [1.807, 2.05) is 6.92 Å². The average molecular weight is 547 g/mol. The van der Waals surface area contributed by atoms with Crippen LogP contribution >= 0.6 is 0 Å². The molecule has 39 heavy (non-hydrogen) atoms. The lowest BCUT2D eigenvalue weighted by atomic mass is 9.42. The summed E-state index contributed by atoms with van der Waals surface area (Å²) in [6.07, 6.45) is 4.08. The summed E-state index contributed by atoms with van der Waals surface area (Å²) in [4.78, 5) is 37.8. The number of carbonyl (C=O) groups is 3. The van der Waals surface area contributed by atoms with E-state index in [1.54, 1.807) is 0 Å². The van der Waals surface area contributed by atoms with Crippen molar-refractivity contribution >= 4 is 17.7 Å². The molecule has 4 aliphatic carbocycles. The van der Waals surface area contributed by atoms with Crippen molar-refractivity contribution in [1.82, 2.24) is 0 Å². The number of Topliss-reactive ketones (excluding diaryl/α,β-unsaturated/α-hetero) is 1. The SMILES string of the molecule is CC(=O)O[C@@H]1C[C@]2(O)C(=O)C[C@H]3[C@H]4C[C@@H]5O[C@]6(CC[C@@H](C)CO6)[C@@H](C)[C@@H]5[C@@]4(C)CC[C@H]3[C@@]2(C)C[C@H]1OC(C)=O. The number of fused-ring (bicyclic) bond motifs is 7. The molecular weight excluding hydrogens is 500 g/mol. The van der Waals surface area contributed by atoms with Crippen LogP contribution in [0.5, 0.6) is 0 Å². The molecule has 0 bridgehead atoms. The van der Waals surface area contributed by atoms with Crippen molar-refractivity contribution in [3.63, 3.8) is 0 Å². The van der Waals surface area contributed by atoms with Crippen molar-refractivity contribution in [2.45, 2.75) is 123 Å². The zero-order valence-corrected chi connectivity index (χ0v) is 24.4. The molecule has 0 aromatic heterocycles. The minimum absolute atomic E-state index is 0.0330. The van der Waals surface area contributed by atoms with Crippen LogP contribution in [-0.4, -0.2) is 59.1 Å². The first-order valence-electron chi connectivity index (χ1n) is 15.2. The van der Waals surface area contributed by atoms with E-state index in [2.05, 4.69) is 20.8 Å². The van der Waals surface area contributed by atoms with Crippen LogP contribution in [-0.2, 0) is 33.3 Å². The normalized spacial score (nSPS) is 54.3. The number of carbonyl (C=O) groups excluding carboxylic acids is 3. The number of ketones is 1. The fourth-order valence-electron chi connectivity index (χ4n) is 10.7. The number of aliphatic hydroxyl groups is 1. The molecule has 2 saturated heterocycles. The van der Waals surface area contributed by atoms with Gasteiger partial charge in [-0.25, -0.2) is 0 Å². The third-order valence-corrected chi connectivity index (χ3v) is 12.5. The van der Waals surface area contributed by atoms with Crippen molar-refractivity contribution in [1.29, 1.82) is 0 Å². The third-order valence-electron chi connectivity index (χ3n) is 12.5. The zero-order chi connectivity index (χ0) is 28.1. The Hall–Kier alpha value is -1.51. The molecule has 6 fully saturated rings. The van der Waals surface area contributed by atoms with E-state index in [-0.39, 0.29) is 35.6 Å². The van der Waals surface area contributed by atoms with Gasteiger partial charge in [0.05, 0.1) is 12.7 Å². The molecule has 2 heterocycles. The Morgan fingerprint density at radius 1 is 0.974 bits per heavy atom. The first-order chi connectivity index (χ1) is 18.2. The molecule has 2 aliphatic heterocycles.